The molecule has 65 valence electrons. The van der Waals surface area contributed by atoms with E-state index in [4.69, 9.17) is 5.11 Å². The second kappa shape index (κ2) is 4.24. The van der Waals surface area contributed by atoms with Crippen LogP contribution in [0.1, 0.15) is 18.1 Å². The minimum Gasteiger partial charge on any atom is -0.372 e. The van der Waals surface area contributed by atoms with Gasteiger partial charge in [0.2, 0.25) is 0 Å². The van der Waals surface area contributed by atoms with Gasteiger partial charge in [-0.15, -0.1) is 0 Å². The van der Waals surface area contributed by atoms with Crippen LogP contribution in [0, 0.1) is 13.2 Å². The lowest BCUT2D eigenvalue weighted by molar-refractivity contribution is 0.268. The molecule has 2 heteroatoms. The number of nitrogens with one attached hydrogen (secondary N) is 1. The zero-order valence-corrected chi connectivity index (χ0v) is 7.46. The minimum atomic E-state index is 0.260. The van der Waals surface area contributed by atoms with Crippen molar-refractivity contribution in [2.75, 3.05) is 0 Å². The molecule has 0 amide bonds. The predicted octanol–water partition coefficient (Wildman–Crippen LogP) is 1.97. The first-order valence-corrected chi connectivity index (χ1v) is 4.00. The van der Waals surface area contributed by atoms with Gasteiger partial charge in [-0.3, -0.25) is 5.32 Å². The SMILES string of the molecule is C[C](O)NCc1ccc(C)cc1. The van der Waals surface area contributed by atoms with Crippen molar-refractivity contribution in [3.8, 4) is 0 Å². The summed E-state index contributed by atoms with van der Waals surface area (Å²) >= 11 is 0. The molecule has 2 N–H and O–H groups in total. The Morgan fingerprint density at radius 3 is 2.42 bits per heavy atom. The standard InChI is InChI=1S/C10H14NO/c1-8-3-5-10(6-4-8)7-11-9(2)12/h3-6,11-12H,7H2,1-2H3. The van der Waals surface area contributed by atoms with Crippen LogP contribution in [0.15, 0.2) is 24.3 Å². The highest BCUT2D eigenvalue weighted by Crippen LogP contribution is 2.03. The molecular weight excluding hydrogens is 150 g/mol. The van der Waals surface area contributed by atoms with Gasteiger partial charge in [0, 0.05) is 6.54 Å². The second-order valence-electron chi connectivity index (χ2n) is 2.92. The van der Waals surface area contributed by atoms with Gasteiger partial charge in [-0.05, 0) is 19.4 Å². The summed E-state index contributed by atoms with van der Waals surface area (Å²) in [5.41, 5.74) is 2.43. The summed E-state index contributed by atoms with van der Waals surface area (Å²) in [5, 5.41) is 11.7. The van der Waals surface area contributed by atoms with Crippen molar-refractivity contribution < 1.29 is 5.11 Å². The summed E-state index contributed by atoms with van der Waals surface area (Å²) in [6.45, 7) is 4.37. The van der Waals surface area contributed by atoms with Crippen LogP contribution in [-0.2, 0) is 6.54 Å². The van der Waals surface area contributed by atoms with E-state index in [1.165, 1.54) is 11.1 Å². The van der Waals surface area contributed by atoms with Crippen LogP contribution >= 0.6 is 0 Å². The Balaban J connectivity index is 2.48. The van der Waals surface area contributed by atoms with Gasteiger partial charge in [0.15, 0.2) is 6.23 Å². The van der Waals surface area contributed by atoms with Gasteiger partial charge in [0.25, 0.3) is 0 Å². The maximum atomic E-state index is 8.87. The smallest absolute Gasteiger partial charge is 0.155 e. The summed E-state index contributed by atoms with van der Waals surface area (Å²) in [5.74, 6) is 0. The van der Waals surface area contributed by atoms with E-state index in [0.717, 1.165) is 0 Å². The van der Waals surface area contributed by atoms with Crippen LogP contribution in [0.3, 0.4) is 0 Å². The van der Waals surface area contributed by atoms with Gasteiger partial charge in [-0.1, -0.05) is 29.8 Å². The highest BCUT2D eigenvalue weighted by atomic mass is 16.3. The van der Waals surface area contributed by atoms with Crippen molar-refractivity contribution in [3.05, 3.63) is 41.6 Å². The largest absolute Gasteiger partial charge is 0.372 e. The number of aliphatic hydroxyl groups is 1. The van der Waals surface area contributed by atoms with E-state index in [9.17, 15) is 0 Å². The number of benzene rings is 1. The van der Waals surface area contributed by atoms with Crippen LogP contribution < -0.4 is 5.32 Å². The molecule has 0 unspecified atom stereocenters. The average Bonchev–Trinajstić information content (AvgIpc) is 2.03. The van der Waals surface area contributed by atoms with Crippen LogP contribution in [0.2, 0.25) is 0 Å². The molecule has 1 radical (unpaired) electrons. The lowest BCUT2D eigenvalue weighted by Crippen LogP contribution is -2.16. The van der Waals surface area contributed by atoms with Gasteiger partial charge in [0.05, 0.1) is 0 Å². The monoisotopic (exact) mass is 164 g/mol. The lowest BCUT2D eigenvalue weighted by Gasteiger charge is -2.05. The van der Waals surface area contributed by atoms with Crippen LogP contribution in [-0.4, -0.2) is 5.11 Å². The zero-order chi connectivity index (χ0) is 8.97. The number of hydrogen-bond donors (Lipinski definition) is 2. The Kier molecular flexibility index (Phi) is 3.26. The van der Waals surface area contributed by atoms with Crippen molar-refractivity contribution in [2.45, 2.75) is 20.4 Å². The van der Waals surface area contributed by atoms with E-state index < -0.39 is 0 Å². The third-order valence-corrected chi connectivity index (χ3v) is 1.67. The fourth-order valence-corrected chi connectivity index (χ4v) is 0.936. The van der Waals surface area contributed by atoms with Gasteiger partial charge in [-0.25, -0.2) is 0 Å². The first kappa shape index (κ1) is 9.23. The zero-order valence-electron chi connectivity index (χ0n) is 7.46. The van der Waals surface area contributed by atoms with Crippen molar-refractivity contribution in [2.24, 2.45) is 0 Å². The molecule has 0 heterocycles. The van der Waals surface area contributed by atoms with E-state index in [1.807, 2.05) is 12.1 Å². The highest BCUT2D eigenvalue weighted by Gasteiger charge is 1.95. The summed E-state index contributed by atoms with van der Waals surface area (Å²) in [6.07, 6.45) is 0.260. The molecule has 0 aliphatic heterocycles. The van der Waals surface area contributed by atoms with Gasteiger partial charge in [0.1, 0.15) is 0 Å². The Morgan fingerprint density at radius 2 is 1.92 bits per heavy atom. The van der Waals surface area contributed by atoms with E-state index >= 15 is 0 Å². The van der Waals surface area contributed by atoms with Crippen molar-refractivity contribution in [1.29, 1.82) is 0 Å². The highest BCUT2D eigenvalue weighted by molar-refractivity contribution is 5.21. The lowest BCUT2D eigenvalue weighted by atomic mass is 10.1. The molecule has 0 atom stereocenters. The maximum Gasteiger partial charge on any atom is 0.155 e. The fraction of sp³-hybridized carbons (Fsp3) is 0.300. The van der Waals surface area contributed by atoms with Gasteiger partial charge >= 0.3 is 0 Å². The van der Waals surface area contributed by atoms with Crippen LogP contribution in [0.5, 0.6) is 0 Å². The quantitative estimate of drug-likeness (QED) is 0.715. The first-order valence-electron chi connectivity index (χ1n) is 4.00. The molecule has 1 aromatic rings. The van der Waals surface area contributed by atoms with Crippen LogP contribution in [0.4, 0.5) is 0 Å². The third kappa shape index (κ3) is 3.03. The molecule has 0 aliphatic rings. The Morgan fingerprint density at radius 1 is 1.33 bits per heavy atom. The van der Waals surface area contributed by atoms with E-state index in [0.29, 0.717) is 6.54 Å². The molecule has 0 spiro atoms. The number of hydrogen-bond acceptors (Lipinski definition) is 2. The Hall–Kier alpha value is -0.860. The minimum absolute atomic E-state index is 0.260. The molecule has 0 saturated heterocycles. The summed E-state index contributed by atoms with van der Waals surface area (Å²) in [6, 6.07) is 8.21. The Bertz CT molecular complexity index is 228. The molecule has 12 heavy (non-hydrogen) atoms. The molecule has 0 fully saturated rings. The fourth-order valence-electron chi connectivity index (χ4n) is 0.936. The second-order valence-corrected chi connectivity index (χ2v) is 2.92. The molecule has 0 aromatic heterocycles. The molecule has 0 saturated carbocycles. The third-order valence-electron chi connectivity index (χ3n) is 1.67. The van der Waals surface area contributed by atoms with E-state index in [2.05, 4.69) is 24.4 Å². The van der Waals surface area contributed by atoms with Gasteiger partial charge < -0.3 is 5.11 Å². The van der Waals surface area contributed by atoms with Crippen molar-refractivity contribution in [3.63, 3.8) is 0 Å². The van der Waals surface area contributed by atoms with Crippen LogP contribution in [0.25, 0.3) is 0 Å². The number of aryl methyl sites for hydroxylation is 1. The van der Waals surface area contributed by atoms with E-state index in [1.54, 1.807) is 6.92 Å². The number of aliphatic hydroxyl groups excluding tert-OH is 1. The maximum absolute atomic E-state index is 8.87. The molecule has 1 rings (SSSR count). The van der Waals surface area contributed by atoms with Gasteiger partial charge in [-0.2, -0.15) is 0 Å². The average molecular weight is 164 g/mol. The van der Waals surface area contributed by atoms with E-state index in [-0.39, 0.29) is 6.23 Å². The Labute approximate surface area is 73.2 Å². The summed E-state index contributed by atoms with van der Waals surface area (Å²) in [4.78, 5) is 0. The number of rotatable bonds is 3. The predicted molar refractivity (Wildman–Crippen MR) is 48.9 cm³/mol. The molecule has 1 aromatic carbocycles. The molecular formula is C10H14NO. The topological polar surface area (TPSA) is 32.3 Å². The summed E-state index contributed by atoms with van der Waals surface area (Å²) < 4.78 is 0. The molecule has 2 nitrogen and oxygen atoms in total. The summed E-state index contributed by atoms with van der Waals surface area (Å²) in [7, 11) is 0. The van der Waals surface area contributed by atoms with Crippen molar-refractivity contribution in [1.82, 2.24) is 5.32 Å². The van der Waals surface area contributed by atoms with Crippen molar-refractivity contribution >= 4 is 0 Å². The molecule has 0 aliphatic carbocycles. The normalized spacial score (nSPS) is 10.7. The first-order chi connectivity index (χ1) is 5.68. The molecule has 0 bridgehead atoms.